The van der Waals surface area contributed by atoms with Gasteiger partial charge in [-0.25, -0.2) is 4.79 Å². The standard InChI is InChI=1S/C13H20N2O4/c1-2-10(16)4-3-7-15-11(17)13(14-12(15)18)5-8-19-9-6-13/h2-9H2,1H3,(H,14,18). The Balaban J connectivity index is 1.93. The fraction of sp³-hybridized carbons (Fsp3) is 0.769. The van der Waals surface area contributed by atoms with Crippen molar-refractivity contribution in [2.24, 2.45) is 0 Å². The quantitative estimate of drug-likeness (QED) is 0.750. The molecular formula is C13H20N2O4. The molecule has 106 valence electrons. The maximum atomic E-state index is 12.3. The number of urea groups is 1. The van der Waals surface area contributed by atoms with Gasteiger partial charge in [-0.2, -0.15) is 0 Å². The van der Waals surface area contributed by atoms with Crippen LogP contribution in [0.5, 0.6) is 0 Å². The van der Waals surface area contributed by atoms with Gasteiger partial charge in [0.2, 0.25) is 0 Å². The largest absolute Gasteiger partial charge is 0.381 e. The van der Waals surface area contributed by atoms with Crippen molar-refractivity contribution >= 4 is 17.7 Å². The number of hydrogen-bond donors (Lipinski definition) is 1. The Morgan fingerprint density at radius 3 is 2.68 bits per heavy atom. The predicted octanol–water partition coefficient (Wildman–Crippen LogP) is 0.847. The Bertz CT molecular complexity index is 388. The van der Waals surface area contributed by atoms with Crippen LogP contribution >= 0.6 is 0 Å². The van der Waals surface area contributed by atoms with E-state index in [2.05, 4.69) is 5.32 Å². The van der Waals surface area contributed by atoms with E-state index in [1.807, 2.05) is 6.92 Å². The van der Waals surface area contributed by atoms with Crippen molar-refractivity contribution in [3.63, 3.8) is 0 Å². The number of carbonyl (C=O) groups is 3. The van der Waals surface area contributed by atoms with Crippen LogP contribution < -0.4 is 5.32 Å². The maximum absolute atomic E-state index is 12.3. The molecule has 0 radical (unpaired) electrons. The van der Waals surface area contributed by atoms with Gasteiger partial charge in [0.15, 0.2) is 0 Å². The normalized spacial score (nSPS) is 21.8. The van der Waals surface area contributed by atoms with E-state index in [9.17, 15) is 14.4 Å². The van der Waals surface area contributed by atoms with Crippen LogP contribution in [-0.2, 0) is 14.3 Å². The number of ether oxygens (including phenoxy) is 1. The highest BCUT2D eigenvalue weighted by Crippen LogP contribution is 2.28. The summed E-state index contributed by atoms with van der Waals surface area (Å²) >= 11 is 0. The number of carbonyl (C=O) groups excluding carboxylic acids is 3. The van der Waals surface area contributed by atoms with Crippen LogP contribution in [0.3, 0.4) is 0 Å². The lowest BCUT2D eigenvalue weighted by atomic mass is 9.90. The van der Waals surface area contributed by atoms with Crippen molar-refractivity contribution in [2.75, 3.05) is 19.8 Å². The smallest absolute Gasteiger partial charge is 0.325 e. The molecule has 0 aromatic heterocycles. The van der Waals surface area contributed by atoms with E-state index >= 15 is 0 Å². The summed E-state index contributed by atoms with van der Waals surface area (Å²) in [4.78, 5) is 36.7. The first-order valence-electron chi connectivity index (χ1n) is 6.82. The van der Waals surface area contributed by atoms with Gasteiger partial charge in [0.25, 0.3) is 5.91 Å². The summed E-state index contributed by atoms with van der Waals surface area (Å²) < 4.78 is 5.24. The zero-order chi connectivity index (χ0) is 13.9. The van der Waals surface area contributed by atoms with Crippen LogP contribution in [-0.4, -0.2) is 47.9 Å². The molecule has 6 nitrogen and oxygen atoms in total. The highest BCUT2D eigenvalue weighted by molar-refractivity contribution is 6.07. The monoisotopic (exact) mass is 268 g/mol. The molecule has 0 atom stereocenters. The van der Waals surface area contributed by atoms with Crippen molar-refractivity contribution in [1.82, 2.24) is 10.2 Å². The maximum Gasteiger partial charge on any atom is 0.325 e. The number of ketones is 1. The summed E-state index contributed by atoms with van der Waals surface area (Å²) in [5.41, 5.74) is -0.760. The minimum Gasteiger partial charge on any atom is -0.381 e. The lowest BCUT2D eigenvalue weighted by Gasteiger charge is -2.30. The first-order chi connectivity index (χ1) is 9.09. The van der Waals surface area contributed by atoms with E-state index in [-0.39, 0.29) is 17.7 Å². The van der Waals surface area contributed by atoms with Crippen LogP contribution in [0.4, 0.5) is 4.79 Å². The Hall–Kier alpha value is -1.43. The molecule has 0 aromatic carbocycles. The van der Waals surface area contributed by atoms with Crippen LogP contribution in [0.15, 0.2) is 0 Å². The Kier molecular flexibility index (Phi) is 4.19. The molecular weight excluding hydrogens is 248 g/mol. The fourth-order valence-electron chi connectivity index (χ4n) is 2.55. The molecule has 3 amide bonds. The lowest BCUT2D eigenvalue weighted by molar-refractivity contribution is -0.134. The molecule has 2 rings (SSSR count). The van der Waals surface area contributed by atoms with E-state index in [4.69, 9.17) is 4.74 Å². The summed E-state index contributed by atoms with van der Waals surface area (Å²) in [7, 11) is 0. The number of Topliss-reactive ketones (excluding diaryl/α,β-unsaturated/α-hetero) is 1. The van der Waals surface area contributed by atoms with E-state index in [0.717, 1.165) is 0 Å². The molecule has 2 aliphatic heterocycles. The molecule has 0 aliphatic carbocycles. The summed E-state index contributed by atoms with van der Waals surface area (Å²) in [6.45, 7) is 3.12. The van der Waals surface area contributed by atoms with Crippen molar-refractivity contribution in [3.05, 3.63) is 0 Å². The predicted molar refractivity (Wildman–Crippen MR) is 67.6 cm³/mol. The van der Waals surface area contributed by atoms with Crippen molar-refractivity contribution in [1.29, 1.82) is 0 Å². The van der Waals surface area contributed by atoms with Crippen LogP contribution in [0.2, 0.25) is 0 Å². The molecule has 6 heteroatoms. The van der Waals surface area contributed by atoms with Crippen molar-refractivity contribution in [3.8, 4) is 0 Å². The molecule has 19 heavy (non-hydrogen) atoms. The Labute approximate surface area is 112 Å². The average molecular weight is 268 g/mol. The summed E-state index contributed by atoms with van der Waals surface area (Å²) in [6, 6.07) is -0.337. The summed E-state index contributed by atoms with van der Waals surface area (Å²) in [5, 5.41) is 2.79. The molecule has 0 saturated carbocycles. The molecule has 1 spiro atoms. The second-order valence-electron chi connectivity index (χ2n) is 5.08. The molecule has 1 N–H and O–H groups in total. The summed E-state index contributed by atoms with van der Waals surface area (Å²) in [5.74, 6) is -0.00224. The van der Waals surface area contributed by atoms with Gasteiger partial charge in [-0.05, 0) is 6.42 Å². The van der Waals surface area contributed by atoms with E-state index < -0.39 is 5.54 Å². The van der Waals surface area contributed by atoms with E-state index in [1.54, 1.807) is 0 Å². The van der Waals surface area contributed by atoms with Gasteiger partial charge < -0.3 is 10.1 Å². The number of hydrogen-bond acceptors (Lipinski definition) is 4. The fourth-order valence-corrected chi connectivity index (χ4v) is 2.55. The minimum atomic E-state index is -0.760. The van der Waals surface area contributed by atoms with Crippen LogP contribution in [0.25, 0.3) is 0 Å². The Morgan fingerprint density at radius 2 is 2.05 bits per heavy atom. The zero-order valence-corrected chi connectivity index (χ0v) is 11.2. The number of rotatable bonds is 5. The van der Waals surface area contributed by atoms with Gasteiger partial charge in [-0.15, -0.1) is 0 Å². The van der Waals surface area contributed by atoms with Gasteiger partial charge in [0.05, 0.1) is 0 Å². The third-order valence-corrected chi connectivity index (χ3v) is 3.82. The molecule has 0 aromatic rings. The zero-order valence-electron chi connectivity index (χ0n) is 11.2. The Morgan fingerprint density at radius 1 is 1.37 bits per heavy atom. The van der Waals surface area contributed by atoms with Gasteiger partial charge in [-0.1, -0.05) is 6.92 Å². The average Bonchev–Trinajstić information content (AvgIpc) is 2.63. The summed E-state index contributed by atoms with van der Waals surface area (Å²) in [6.07, 6.45) is 2.52. The third kappa shape index (κ3) is 2.78. The molecule has 2 aliphatic rings. The molecule has 2 heterocycles. The lowest BCUT2D eigenvalue weighted by Crippen LogP contribution is -2.51. The molecule has 2 fully saturated rings. The molecule has 0 bridgehead atoms. The highest BCUT2D eigenvalue weighted by atomic mass is 16.5. The molecule has 2 saturated heterocycles. The molecule has 0 unspecified atom stereocenters. The SMILES string of the molecule is CCC(=O)CCCN1C(=O)NC2(CCOCC2)C1=O. The second-order valence-corrected chi connectivity index (χ2v) is 5.08. The first kappa shape index (κ1) is 14.0. The number of amides is 3. The number of nitrogens with zero attached hydrogens (tertiary/aromatic N) is 1. The van der Waals surface area contributed by atoms with E-state index in [0.29, 0.717) is 51.9 Å². The van der Waals surface area contributed by atoms with Gasteiger partial charge >= 0.3 is 6.03 Å². The van der Waals surface area contributed by atoms with Crippen molar-refractivity contribution in [2.45, 2.75) is 44.6 Å². The third-order valence-electron chi connectivity index (χ3n) is 3.82. The second kappa shape index (κ2) is 5.69. The minimum absolute atomic E-state index is 0.160. The van der Waals surface area contributed by atoms with Gasteiger partial charge in [-0.3, -0.25) is 14.5 Å². The highest BCUT2D eigenvalue weighted by Gasteiger charge is 2.51. The van der Waals surface area contributed by atoms with Crippen molar-refractivity contribution < 1.29 is 19.1 Å². The van der Waals surface area contributed by atoms with Gasteiger partial charge in [0, 0.05) is 45.4 Å². The first-order valence-corrected chi connectivity index (χ1v) is 6.82. The van der Waals surface area contributed by atoms with Crippen LogP contribution in [0, 0.1) is 0 Å². The van der Waals surface area contributed by atoms with E-state index in [1.165, 1.54) is 4.90 Å². The number of nitrogens with one attached hydrogen (secondary N) is 1. The number of imide groups is 1. The van der Waals surface area contributed by atoms with Gasteiger partial charge in [0.1, 0.15) is 11.3 Å². The topological polar surface area (TPSA) is 75.7 Å². The van der Waals surface area contributed by atoms with Crippen LogP contribution in [0.1, 0.15) is 39.0 Å².